The molecule has 2 fully saturated rings. The summed E-state index contributed by atoms with van der Waals surface area (Å²) < 4.78 is 39.3. The van der Waals surface area contributed by atoms with Gasteiger partial charge >= 0.3 is 0 Å². The molecule has 154 valence electrons. The Balaban J connectivity index is 1.72. The Morgan fingerprint density at radius 3 is 2.97 bits per heavy atom. The highest BCUT2D eigenvalue weighted by molar-refractivity contribution is 5.57. The molecule has 2 aromatic rings. The standard InChI is InChI=1S/C21H24FN3O4/c1-5-7-16-19(26-4)18(20-17(28-16)12-27-21(2,3)29-20)25-11-15(23-24-25)13-8-6-9-14(22)10-13/h1,6,8-11,16-20H,7,12H2,2-4H3/t16-,17-,18-,19+,20+/m1/s1. The van der Waals surface area contributed by atoms with Crippen molar-refractivity contribution in [3.8, 4) is 23.6 Å². The van der Waals surface area contributed by atoms with Gasteiger partial charge in [0.05, 0.1) is 18.9 Å². The summed E-state index contributed by atoms with van der Waals surface area (Å²) in [4.78, 5) is 0. The average Bonchev–Trinajstić information content (AvgIpc) is 3.17. The van der Waals surface area contributed by atoms with E-state index >= 15 is 0 Å². The number of fused-ring (bicyclic) bond motifs is 1. The number of methoxy groups -OCH3 is 1. The third-order valence-electron chi connectivity index (χ3n) is 5.30. The second-order valence-electron chi connectivity index (χ2n) is 7.70. The van der Waals surface area contributed by atoms with Crippen LogP contribution in [0.5, 0.6) is 0 Å². The van der Waals surface area contributed by atoms with Gasteiger partial charge in [0, 0.05) is 19.1 Å². The summed E-state index contributed by atoms with van der Waals surface area (Å²) in [5.74, 6) is 1.55. The van der Waals surface area contributed by atoms with Crippen molar-refractivity contribution < 1.29 is 23.3 Å². The lowest BCUT2D eigenvalue weighted by molar-refractivity contribution is -0.349. The van der Waals surface area contributed by atoms with E-state index in [1.54, 1.807) is 30.1 Å². The van der Waals surface area contributed by atoms with Gasteiger partial charge in [0.15, 0.2) is 5.79 Å². The highest BCUT2D eigenvalue weighted by atomic mass is 19.1. The molecule has 0 N–H and O–H groups in total. The zero-order valence-corrected chi connectivity index (χ0v) is 16.6. The predicted octanol–water partition coefficient (Wildman–Crippen LogP) is 2.58. The first-order valence-corrected chi connectivity index (χ1v) is 9.53. The van der Waals surface area contributed by atoms with Crippen molar-refractivity contribution in [3.63, 3.8) is 0 Å². The summed E-state index contributed by atoms with van der Waals surface area (Å²) in [5.41, 5.74) is 1.20. The molecule has 0 unspecified atom stereocenters. The van der Waals surface area contributed by atoms with E-state index in [0.717, 1.165) is 0 Å². The fraction of sp³-hybridized carbons (Fsp3) is 0.524. The van der Waals surface area contributed by atoms with Crippen molar-refractivity contribution in [3.05, 3.63) is 36.3 Å². The van der Waals surface area contributed by atoms with Gasteiger partial charge in [-0.15, -0.1) is 17.4 Å². The molecule has 0 saturated carbocycles. The number of ether oxygens (including phenoxy) is 4. The van der Waals surface area contributed by atoms with Crippen LogP contribution < -0.4 is 0 Å². The van der Waals surface area contributed by atoms with Crippen LogP contribution in [-0.4, -0.2) is 58.9 Å². The van der Waals surface area contributed by atoms with Crippen LogP contribution in [0.15, 0.2) is 30.5 Å². The first-order chi connectivity index (χ1) is 13.9. The van der Waals surface area contributed by atoms with Crippen LogP contribution in [0.4, 0.5) is 4.39 Å². The molecular formula is C21H24FN3O4. The molecule has 5 atom stereocenters. The number of aromatic nitrogens is 3. The van der Waals surface area contributed by atoms with Crippen molar-refractivity contribution in [1.82, 2.24) is 15.0 Å². The maximum absolute atomic E-state index is 13.6. The first kappa shape index (κ1) is 20.0. The predicted molar refractivity (Wildman–Crippen MR) is 102 cm³/mol. The SMILES string of the molecule is C#CC[C@H]1O[C@@H]2COC(C)(C)O[C@@H]2[C@H](n2cc(-c3cccc(F)c3)nn2)[C@H]1OC. The third kappa shape index (κ3) is 3.91. The molecule has 29 heavy (non-hydrogen) atoms. The van der Waals surface area contributed by atoms with Crippen LogP contribution in [0.1, 0.15) is 26.3 Å². The van der Waals surface area contributed by atoms with Crippen molar-refractivity contribution >= 4 is 0 Å². The molecule has 1 aromatic carbocycles. The van der Waals surface area contributed by atoms with Crippen LogP contribution in [0, 0.1) is 18.2 Å². The number of hydrogen-bond acceptors (Lipinski definition) is 6. The molecule has 0 spiro atoms. The smallest absolute Gasteiger partial charge is 0.163 e. The van der Waals surface area contributed by atoms with Gasteiger partial charge in [-0.2, -0.15) is 0 Å². The third-order valence-corrected chi connectivity index (χ3v) is 5.30. The largest absolute Gasteiger partial charge is 0.376 e. The zero-order valence-electron chi connectivity index (χ0n) is 16.6. The van der Waals surface area contributed by atoms with Gasteiger partial charge < -0.3 is 18.9 Å². The molecule has 0 bridgehead atoms. The van der Waals surface area contributed by atoms with Gasteiger partial charge in [0.25, 0.3) is 0 Å². The maximum atomic E-state index is 13.6. The summed E-state index contributed by atoms with van der Waals surface area (Å²) >= 11 is 0. The Kier molecular flexibility index (Phi) is 5.40. The number of nitrogens with zero attached hydrogens (tertiary/aromatic N) is 3. The molecule has 0 aliphatic carbocycles. The second-order valence-corrected chi connectivity index (χ2v) is 7.70. The van der Waals surface area contributed by atoms with Gasteiger partial charge in [0.1, 0.15) is 35.9 Å². The number of hydrogen-bond donors (Lipinski definition) is 0. The second kappa shape index (κ2) is 7.84. The lowest BCUT2D eigenvalue weighted by Crippen LogP contribution is -2.62. The summed E-state index contributed by atoms with van der Waals surface area (Å²) in [6.07, 6.45) is 6.26. The van der Waals surface area contributed by atoms with E-state index in [-0.39, 0.29) is 30.2 Å². The number of rotatable bonds is 4. The molecule has 8 heteroatoms. The molecule has 2 aliphatic heterocycles. The highest BCUT2D eigenvalue weighted by Crippen LogP contribution is 2.40. The number of halogens is 1. The minimum Gasteiger partial charge on any atom is -0.376 e. The van der Waals surface area contributed by atoms with Crippen molar-refractivity contribution in [2.75, 3.05) is 13.7 Å². The lowest BCUT2D eigenvalue weighted by atomic mass is 9.90. The summed E-state index contributed by atoms with van der Waals surface area (Å²) in [6.45, 7) is 4.08. The van der Waals surface area contributed by atoms with Crippen LogP contribution in [0.25, 0.3) is 11.3 Å². The summed E-state index contributed by atoms with van der Waals surface area (Å²) in [5, 5.41) is 8.55. The molecule has 7 nitrogen and oxygen atoms in total. The number of terminal acetylenes is 1. The Hall–Kier alpha value is -2.31. The molecule has 1 aromatic heterocycles. The summed E-state index contributed by atoms with van der Waals surface area (Å²) in [6, 6.07) is 5.90. The van der Waals surface area contributed by atoms with E-state index in [2.05, 4.69) is 16.2 Å². The normalized spacial score (nSPS) is 31.1. The minimum absolute atomic E-state index is 0.320. The van der Waals surface area contributed by atoms with Gasteiger partial charge in [-0.05, 0) is 26.0 Å². The molecule has 0 radical (unpaired) electrons. The van der Waals surface area contributed by atoms with E-state index in [4.69, 9.17) is 25.4 Å². The fourth-order valence-electron chi connectivity index (χ4n) is 4.01. The lowest BCUT2D eigenvalue weighted by Gasteiger charge is -2.50. The zero-order chi connectivity index (χ0) is 20.6. The Labute approximate surface area is 169 Å². The minimum atomic E-state index is -0.772. The van der Waals surface area contributed by atoms with Crippen LogP contribution >= 0.6 is 0 Å². The van der Waals surface area contributed by atoms with Crippen molar-refractivity contribution in [1.29, 1.82) is 0 Å². The Morgan fingerprint density at radius 1 is 1.41 bits per heavy atom. The van der Waals surface area contributed by atoms with Crippen LogP contribution in [0.2, 0.25) is 0 Å². The average molecular weight is 401 g/mol. The molecule has 2 saturated heterocycles. The monoisotopic (exact) mass is 401 g/mol. The van der Waals surface area contributed by atoms with E-state index in [0.29, 0.717) is 24.3 Å². The maximum Gasteiger partial charge on any atom is 0.163 e. The Morgan fingerprint density at radius 2 is 2.24 bits per heavy atom. The van der Waals surface area contributed by atoms with E-state index in [1.807, 2.05) is 13.8 Å². The van der Waals surface area contributed by atoms with E-state index in [1.165, 1.54) is 12.1 Å². The number of benzene rings is 1. The van der Waals surface area contributed by atoms with Gasteiger partial charge in [0.2, 0.25) is 0 Å². The molecule has 4 rings (SSSR count). The van der Waals surface area contributed by atoms with Crippen LogP contribution in [-0.2, 0) is 18.9 Å². The topological polar surface area (TPSA) is 67.6 Å². The first-order valence-electron chi connectivity index (χ1n) is 9.53. The molecular weight excluding hydrogens is 377 g/mol. The Bertz CT molecular complexity index is 909. The van der Waals surface area contributed by atoms with E-state index in [9.17, 15) is 4.39 Å². The molecule has 0 amide bonds. The van der Waals surface area contributed by atoms with Gasteiger partial charge in [-0.1, -0.05) is 17.3 Å². The molecule has 3 heterocycles. The van der Waals surface area contributed by atoms with Crippen molar-refractivity contribution in [2.45, 2.75) is 56.5 Å². The van der Waals surface area contributed by atoms with Crippen molar-refractivity contribution in [2.24, 2.45) is 0 Å². The molecule has 2 aliphatic rings. The fourth-order valence-corrected chi connectivity index (χ4v) is 4.01. The van der Waals surface area contributed by atoms with Gasteiger partial charge in [-0.3, -0.25) is 0 Å². The quantitative estimate of drug-likeness (QED) is 0.734. The highest BCUT2D eigenvalue weighted by Gasteiger charge is 2.52. The van der Waals surface area contributed by atoms with Gasteiger partial charge in [-0.25, -0.2) is 9.07 Å². The van der Waals surface area contributed by atoms with E-state index < -0.39 is 11.9 Å². The summed E-state index contributed by atoms with van der Waals surface area (Å²) in [7, 11) is 1.61. The van der Waals surface area contributed by atoms with Crippen LogP contribution in [0.3, 0.4) is 0 Å².